The van der Waals surface area contributed by atoms with Gasteiger partial charge in [-0.1, -0.05) is 66.7 Å². The number of carbonyl (C=O) groups excluding carboxylic acids is 2. The quantitative estimate of drug-likeness (QED) is 0.424. The highest BCUT2D eigenvalue weighted by Gasteiger charge is 2.31. The summed E-state index contributed by atoms with van der Waals surface area (Å²) >= 11 is 0. The van der Waals surface area contributed by atoms with Crippen LogP contribution in [0.3, 0.4) is 0 Å². The zero-order chi connectivity index (χ0) is 24.4. The monoisotopic (exact) mass is 480 g/mol. The summed E-state index contributed by atoms with van der Waals surface area (Å²) in [7, 11) is -1.56. The smallest absolute Gasteiger partial charge is 0.259 e. The first-order chi connectivity index (χ1) is 17.0. The molecule has 4 aromatic carbocycles. The molecule has 35 heavy (non-hydrogen) atoms. The second-order valence-corrected chi connectivity index (χ2v) is 9.85. The van der Waals surface area contributed by atoms with Crippen LogP contribution in [0.15, 0.2) is 107 Å². The van der Waals surface area contributed by atoms with E-state index >= 15 is 0 Å². The molecule has 0 aliphatic carbocycles. The average Bonchev–Trinajstić information content (AvgIpc) is 2.98. The first kappa shape index (κ1) is 22.7. The van der Waals surface area contributed by atoms with Crippen molar-refractivity contribution in [2.24, 2.45) is 0 Å². The van der Waals surface area contributed by atoms with E-state index < -0.39 is 10.8 Å². The van der Waals surface area contributed by atoms with Crippen LogP contribution in [0, 0.1) is 6.92 Å². The summed E-state index contributed by atoms with van der Waals surface area (Å²) in [5.41, 5.74) is 4.33. The molecule has 1 atom stereocenters. The Kier molecular flexibility index (Phi) is 6.29. The molecule has 0 saturated carbocycles. The van der Waals surface area contributed by atoms with Gasteiger partial charge >= 0.3 is 0 Å². The van der Waals surface area contributed by atoms with Crippen molar-refractivity contribution in [1.29, 1.82) is 0 Å². The third kappa shape index (κ3) is 4.53. The maximum absolute atomic E-state index is 13.7. The molecule has 1 aliphatic heterocycles. The van der Waals surface area contributed by atoms with Crippen molar-refractivity contribution in [3.05, 3.63) is 125 Å². The van der Waals surface area contributed by atoms with Gasteiger partial charge in [-0.3, -0.25) is 9.59 Å². The molecule has 5 rings (SSSR count). The Hall–Kier alpha value is -4.03. The van der Waals surface area contributed by atoms with Crippen LogP contribution >= 0.6 is 0 Å². The van der Waals surface area contributed by atoms with Gasteiger partial charge in [0.2, 0.25) is 0 Å². The number of fused-ring (bicyclic) bond motifs is 2. The number of carbonyl (C=O) groups is 2. The number of anilines is 1. The van der Waals surface area contributed by atoms with Gasteiger partial charge < -0.3 is 10.2 Å². The fourth-order valence-electron chi connectivity index (χ4n) is 4.20. The van der Waals surface area contributed by atoms with Crippen LogP contribution in [0.5, 0.6) is 0 Å². The van der Waals surface area contributed by atoms with Crippen molar-refractivity contribution >= 4 is 28.3 Å². The maximum Gasteiger partial charge on any atom is 0.259 e. The van der Waals surface area contributed by atoms with Crippen LogP contribution in [0.2, 0.25) is 0 Å². The first-order valence-corrected chi connectivity index (χ1v) is 12.5. The Morgan fingerprint density at radius 3 is 2.37 bits per heavy atom. The predicted octanol–water partition coefficient (Wildman–Crippen LogP) is 5.25. The molecule has 1 aliphatic rings. The predicted molar refractivity (Wildman–Crippen MR) is 137 cm³/mol. The van der Waals surface area contributed by atoms with E-state index in [1.165, 1.54) is 0 Å². The van der Waals surface area contributed by atoms with E-state index in [1.54, 1.807) is 47.4 Å². The van der Waals surface area contributed by atoms with Crippen molar-refractivity contribution in [3.8, 4) is 0 Å². The molecule has 0 unspecified atom stereocenters. The number of hydrogen-bond donors (Lipinski definition) is 1. The zero-order valence-corrected chi connectivity index (χ0v) is 20.0. The lowest BCUT2D eigenvalue weighted by atomic mass is 10.1. The largest absolute Gasteiger partial charge is 0.348 e. The summed E-state index contributed by atoms with van der Waals surface area (Å²) < 4.78 is 13.6. The molecule has 0 saturated heterocycles. The molecular formula is C29H24N2O3S. The van der Waals surface area contributed by atoms with Gasteiger partial charge in [-0.25, -0.2) is 4.21 Å². The van der Waals surface area contributed by atoms with Crippen LogP contribution in [0.25, 0.3) is 0 Å². The average molecular weight is 481 g/mol. The summed E-state index contributed by atoms with van der Waals surface area (Å²) in [4.78, 5) is 29.4. The lowest BCUT2D eigenvalue weighted by Gasteiger charge is -2.24. The van der Waals surface area contributed by atoms with E-state index in [-0.39, 0.29) is 11.8 Å². The number of rotatable bonds is 5. The third-order valence-corrected chi connectivity index (χ3v) is 7.66. The molecule has 0 aromatic heterocycles. The van der Waals surface area contributed by atoms with E-state index in [2.05, 4.69) is 5.32 Å². The van der Waals surface area contributed by atoms with Gasteiger partial charge in [0.1, 0.15) is 0 Å². The van der Waals surface area contributed by atoms with Crippen molar-refractivity contribution in [2.75, 3.05) is 4.90 Å². The van der Waals surface area contributed by atoms with E-state index in [1.807, 2.05) is 61.5 Å². The van der Waals surface area contributed by atoms with Gasteiger partial charge in [0, 0.05) is 12.1 Å². The lowest BCUT2D eigenvalue weighted by molar-refractivity contribution is 0.0947. The number of nitrogens with one attached hydrogen (secondary N) is 1. The molecule has 0 fully saturated rings. The minimum absolute atomic E-state index is 0.238. The van der Waals surface area contributed by atoms with E-state index in [0.29, 0.717) is 39.7 Å². The summed E-state index contributed by atoms with van der Waals surface area (Å²) in [5, 5.41) is 2.93. The van der Waals surface area contributed by atoms with Gasteiger partial charge in [0.15, 0.2) is 0 Å². The highest BCUT2D eigenvalue weighted by atomic mass is 32.2. The summed E-state index contributed by atoms with van der Waals surface area (Å²) in [6.45, 7) is 2.69. The van der Waals surface area contributed by atoms with E-state index in [0.717, 1.165) is 16.7 Å². The molecule has 174 valence electrons. The Labute approximate surface area is 206 Å². The minimum atomic E-state index is -1.56. The molecule has 4 aromatic rings. The molecule has 1 heterocycles. The number of hydrogen-bond acceptors (Lipinski definition) is 3. The summed E-state index contributed by atoms with van der Waals surface area (Å²) in [6.07, 6.45) is 0. The van der Waals surface area contributed by atoms with Crippen LogP contribution in [0.1, 0.15) is 37.4 Å². The number of benzene rings is 4. The standard InChI is InChI=1S/C29H24N2O3S/c1-20-9-5-6-12-23(20)19-31-25-17-22(28(32)30-18-21-10-3-2-4-11-21)15-16-27(25)35(34)26-14-8-7-13-24(26)29(31)33/h2-17H,18-19H2,1H3,(H,30,32)/t35-/m0/s1. The number of amides is 2. The van der Waals surface area contributed by atoms with Crippen LogP contribution < -0.4 is 10.2 Å². The molecule has 1 N–H and O–H groups in total. The first-order valence-electron chi connectivity index (χ1n) is 11.4. The van der Waals surface area contributed by atoms with E-state index in [9.17, 15) is 13.8 Å². The molecule has 0 bridgehead atoms. The highest BCUT2D eigenvalue weighted by molar-refractivity contribution is 7.85. The normalized spacial score (nSPS) is 14.6. The van der Waals surface area contributed by atoms with Gasteiger partial charge in [-0.05, 0) is 53.9 Å². The maximum atomic E-state index is 13.7. The minimum Gasteiger partial charge on any atom is -0.348 e. The Morgan fingerprint density at radius 1 is 0.857 bits per heavy atom. The Bertz CT molecular complexity index is 1450. The SMILES string of the molecule is Cc1ccccc1CN1C(=O)c2ccccc2[S@](=O)c2ccc(C(=O)NCc3ccccc3)cc21. The van der Waals surface area contributed by atoms with Gasteiger partial charge in [0.05, 0.1) is 38.4 Å². The third-order valence-electron chi connectivity index (χ3n) is 6.16. The zero-order valence-electron chi connectivity index (χ0n) is 19.2. The van der Waals surface area contributed by atoms with E-state index in [4.69, 9.17) is 0 Å². The highest BCUT2D eigenvalue weighted by Crippen LogP contribution is 2.36. The van der Waals surface area contributed by atoms with Crippen molar-refractivity contribution in [2.45, 2.75) is 29.8 Å². The van der Waals surface area contributed by atoms with Crippen molar-refractivity contribution in [3.63, 3.8) is 0 Å². The molecule has 6 heteroatoms. The number of nitrogens with zero attached hydrogens (tertiary/aromatic N) is 1. The van der Waals surface area contributed by atoms with Crippen molar-refractivity contribution < 1.29 is 13.8 Å². The van der Waals surface area contributed by atoms with Gasteiger partial charge in [-0.2, -0.15) is 0 Å². The van der Waals surface area contributed by atoms with Gasteiger partial charge in [0.25, 0.3) is 11.8 Å². The van der Waals surface area contributed by atoms with Crippen LogP contribution in [0.4, 0.5) is 5.69 Å². The van der Waals surface area contributed by atoms with Crippen LogP contribution in [-0.2, 0) is 23.9 Å². The molecule has 5 nitrogen and oxygen atoms in total. The second-order valence-electron chi connectivity index (χ2n) is 8.43. The van der Waals surface area contributed by atoms with Crippen LogP contribution in [-0.4, -0.2) is 16.0 Å². The fraction of sp³-hybridized carbons (Fsp3) is 0.103. The Balaban J connectivity index is 1.56. The topological polar surface area (TPSA) is 66.5 Å². The summed E-state index contributed by atoms with van der Waals surface area (Å²) in [6, 6.07) is 29.6. The molecular weight excluding hydrogens is 456 g/mol. The molecule has 0 radical (unpaired) electrons. The van der Waals surface area contributed by atoms with Gasteiger partial charge in [-0.15, -0.1) is 0 Å². The lowest BCUT2D eigenvalue weighted by Crippen LogP contribution is -2.31. The molecule has 2 amide bonds. The van der Waals surface area contributed by atoms with Crippen molar-refractivity contribution in [1.82, 2.24) is 5.32 Å². The Morgan fingerprint density at radius 2 is 1.57 bits per heavy atom. The second kappa shape index (κ2) is 9.68. The number of aryl methyl sites for hydroxylation is 1. The fourth-order valence-corrected chi connectivity index (χ4v) is 5.54. The molecule has 0 spiro atoms. The summed E-state index contributed by atoms with van der Waals surface area (Å²) in [5.74, 6) is -0.495.